The molecule has 1 fully saturated rings. The second-order valence-corrected chi connectivity index (χ2v) is 3.10. The van der Waals surface area contributed by atoms with Gasteiger partial charge < -0.3 is 15.8 Å². The van der Waals surface area contributed by atoms with E-state index in [1.807, 2.05) is 0 Å². The summed E-state index contributed by atoms with van der Waals surface area (Å²) in [6, 6.07) is -1.71. The molecule has 0 aliphatic carbocycles. The van der Waals surface area contributed by atoms with Gasteiger partial charge >= 0.3 is 5.97 Å². The number of esters is 1. The summed E-state index contributed by atoms with van der Waals surface area (Å²) < 4.78 is 29.6. The minimum atomic E-state index is -2.77. The van der Waals surface area contributed by atoms with Gasteiger partial charge in [-0.1, -0.05) is 0 Å². The molecule has 0 bridgehead atoms. The van der Waals surface area contributed by atoms with Crippen LogP contribution >= 0.6 is 0 Å². The number of rotatable bonds is 2. The second kappa shape index (κ2) is 3.55. The summed E-state index contributed by atoms with van der Waals surface area (Å²) in [4.78, 5) is 10.9. The van der Waals surface area contributed by atoms with Crippen molar-refractivity contribution in [2.75, 3.05) is 13.7 Å². The summed E-state index contributed by atoms with van der Waals surface area (Å²) >= 11 is 0. The number of methoxy groups -OCH3 is 1. The molecule has 1 unspecified atom stereocenters. The molecule has 0 amide bonds. The van der Waals surface area contributed by atoms with E-state index in [0.29, 0.717) is 0 Å². The minimum absolute atomic E-state index is 0.413. The number of ether oxygens (including phenoxy) is 1. The Balaban J connectivity index is 2.51. The van der Waals surface area contributed by atoms with Gasteiger partial charge in [0.05, 0.1) is 13.7 Å². The zero-order valence-electron chi connectivity index (χ0n) is 7.22. The van der Waals surface area contributed by atoms with Crippen LogP contribution in [-0.2, 0) is 9.53 Å². The van der Waals surface area contributed by atoms with Crippen LogP contribution in [-0.4, -0.2) is 37.6 Å². The van der Waals surface area contributed by atoms with Gasteiger partial charge in [0.15, 0.2) is 0 Å². The summed E-state index contributed by atoms with van der Waals surface area (Å²) in [5, 5.41) is 2.49. The van der Waals surface area contributed by atoms with Crippen LogP contribution in [0.25, 0.3) is 0 Å². The molecule has 1 aliphatic rings. The lowest BCUT2D eigenvalue weighted by Crippen LogP contribution is -2.47. The largest absolute Gasteiger partial charge is 0.468 e. The fourth-order valence-electron chi connectivity index (χ4n) is 1.30. The predicted octanol–water partition coefficient (Wildman–Crippen LogP) is -0.516. The van der Waals surface area contributed by atoms with Crippen LogP contribution in [0, 0.1) is 0 Å². The number of nitrogens with two attached hydrogens (primary N) is 1. The molecule has 0 spiro atoms. The summed E-state index contributed by atoms with van der Waals surface area (Å²) in [5.41, 5.74) is 5.38. The van der Waals surface area contributed by atoms with Crippen LogP contribution < -0.4 is 11.1 Å². The van der Waals surface area contributed by atoms with E-state index in [4.69, 9.17) is 5.73 Å². The van der Waals surface area contributed by atoms with Crippen LogP contribution in [0.3, 0.4) is 0 Å². The van der Waals surface area contributed by atoms with Gasteiger partial charge in [-0.15, -0.1) is 0 Å². The molecule has 1 aliphatic heterocycles. The molecule has 6 heteroatoms. The second-order valence-electron chi connectivity index (χ2n) is 3.10. The van der Waals surface area contributed by atoms with E-state index in [1.54, 1.807) is 0 Å². The fraction of sp³-hybridized carbons (Fsp3) is 0.857. The molecule has 1 rings (SSSR count). The first-order valence-corrected chi connectivity index (χ1v) is 3.91. The van der Waals surface area contributed by atoms with E-state index in [0.717, 1.165) is 0 Å². The van der Waals surface area contributed by atoms with Crippen LogP contribution in [0.1, 0.15) is 6.42 Å². The lowest BCUT2D eigenvalue weighted by atomic mass is 10.1. The average Bonchev–Trinajstić information content (AvgIpc) is 2.43. The van der Waals surface area contributed by atoms with Crippen molar-refractivity contribution < 1.29 is 18.3 Å². The first-order valence-electron chi connectivity index (χ1n) is 3.91. The van der Waals surface area contributed by atoms with E-state index in [9.17, 15) is 13.6 Å². The maximum Gasteiger partial charge on any atom is 0.324 e. The average molecular weight is 194 g/mol. The molecule has 4 nitrogen and oxygen atoms in total. The highest BCUT2D eigenvalue weighted by atomic mass is 19.3. The van der Waals surface area contributed by atoms with E-state index in [2.05, 4.69) is 10.1 Å². The third-order valence-corrected chi connectivity index (χ3v) is 2.05. The summed E-state index contributed by atoms with van der Waals surface area (Å²) in [6.45, 7) is -0.428. The van der Waals surface area contributed by atoms with Crippen molar-refractivity contribution >= 4 is 5.97 Å². The van der Waals surface area contributed by atoms with Gasteiger partial charge in [-0.25, -0.2) is 8.78 Å². The molecule has 76 valence electrons. The topological polar surface area (TPSA) is 64.3 Å². The van der Waals surface area contributed by atoms with E-state index in [1.165, 1.54) is 7.11 Å². The molecular weight excluding hydrogens is 182 g/mol. The number of alkyl halides is 2. The third kappa shape index (κ3) is 2.35. The van der Waals surface area contributed by atoms with Gasteiger partial charge in [0, 0.05) is 12.5 Å². The Kier molecular flexibility index (Phi) is 2.82. The SMILES string of the molecule is COC(=O)C(N)[C@@H]1CC(F)(F)CN1. The van der Waals surface area contributed by atoms with Crippen molar-refractivity contribution in [1.29, 1.82) is 0 Å². The Morgan fingerprint density at radius 3 is 2.77 bits per heavy atom. The minimum Gasteiger partial charge on any atom is -0.468 e. The number of carbonyl (C=O) groups excluding carboxylic acids is 1. The molecule has 13 heavy (non-hydrogen) atoms. The molecular formula is C7H12F2N2O2. The van der Waals surface area contributed by atoms with E-state index >= 15 is 0 Å². The monoisotopic (exact) mass is 194 g/mol. The Labute approximate surface area is 74.4 Å². The number of hydrogen-bond acceptors (Lipinski definition) is 4. The Bertz CT molecular complexity index is 211. The van der Waals surface area contributed by atoms with Crippen molar-refractivity contribution in [1.82, 2.24) is 5.32 Å². The van der Waals surface area contributed by atoms with Crippen molar-refractivity contribution in [3.8, 4) is 0 Å². The van der Waals surface area contributed by atoms with Gasteiger partial charge in [0.25, 0.3) is 5.92 Å². The molecule has 2 atom stereocenters. The molecule has 1 heterocycles. The fourth-order valence-corrected chi connectivity index (χ4v) is 1.30. The summed E-state index contributed by atoms with van der Waals surface area (Å²) in [6.07, 6.45) is -0.413. The van der Waals surface area contributed by atoms with Crippen LogP contribution in [0.15, 0.2) is 0 Å². The first-order chi connectivity index (χ1) is 5.96. The van der Waals surface area contributed by atoms with Crippen molar-refractivity contribution in [3.05, 3.63) is 0 Å². The van der Waals surface area contributed by atoms with Gasteiger partial charge in [-0.2, -0.15) is 0 Å². The van der Waals surface area contributed by atoms with Crippen LogP contribution in [0.2, 0.25) is 0 Å². The molecule has 0 aromatic heterocycles. The maximum absolute atomic E-state index is 12.7. The molecule has 1 saturated heterocycles. The molecule has 0 radical (unpaired) electrons. The number of hydrogen-bond donors (Lipinski definition) is 2. The third-order valence-electron chi connectivity index (χ3n) is 2.05. The lowest BCUT2D eigenvalue weighted by Gasteiger charge is -2.16. The van der Waals surface area contributed by atoms with E-state index in [-0.39, 0.29) is 0 Å². The van der Waals surface area contributed by atoms with Crippen molar-refractivity contribution in [2.24, 2.45) is 5.73 Å². The zero-order valence-corrected chi connectivity index (χ0v) is 7.22. The summed E-state index contributed by atoms with van der Waals surface area (Å²) in [5.74, 6) is -3.44. The predicted molar refractivity (Wildman–Crippen MR) is 41.3 cm³/mol. The normalized spacial score (nSPS) is 28.5. The molecule has 0 saturated carbocycles. The van der Waals surface area contributed by atoms with Crippen molar-refractivity contribution in [3.63, 3.8) is 0 Å². The number of carbonyl (C=O) groups is 1. The molecule has 3 N–H and O–H groups in total. The van der Waals surface area contributed by atoms with Gasteiger partial charge in [0.1, 0.15) is 6.04 Å². The van der Waals surface area contributed by atoms with Gasteiger partial charge in [-0.05, 0) is 0 Å². The van der Waals surface area contributed by atoms with Crippen molar-refractivity contribution in [2.45, 2.75) is 24.4 Å². The highest BCUT2D eigenvalue weighted by Crippen LogP contribution is 2.26. The highest BCUT2D eigenvalue weighted by molar-refractivity contribution is 5.76. The van der Waals surface area contributed by atoms with Gasteiger partial charge in [0.2, 0.25) is 0 Å². The summed E-state index contributed by atoms with van der Waals surface area (Å²) in [7, 11) is 1.18. The lowest BCUT2D eigenvalue weighted by molar-refractivity contribution is -0.142. The Morgan fingerprint density at radius 1 is 1.77 bits per heavy atom. The first kappa shape index (κ1) is 10.3. The Morgan fingerprint density at radius 2 is 2.38 bits per heavy atom. The molecule has 0 aromatic carbocycles. The number of halogens is 2. The Hall–Kier alpha value is -0.750. The standard InChI is InChI=1S/C7H12F2N2O2/c1-13-6(12)5(10)4-2-7(8,9)3-11-4/h4-5,11H,2-3,10H2,1H3/t4-,5?/m0/s1. The van der Waals surface area contributed by atoms with Crippen LogP contribution in [0.4, 0.5) is 8.78 Å². The smallest absolute Gasteiger partial charge is 0.324 e. The van der Waals surface area contributed by atoms with Gasteiger partial charge in [-0.3, -0.25) is 4.79 Å². The highest BCUT2D eigenvalue weighted by Gasteiger charge is 2.43. The molecule has 0 aromatic rings. The quantitative estimate of drug-likeness (QED) is 0.581. The van der Waals surface area contributed by atoms with E-state index < -0.39 is 36.9 Å². The maximum atomic E-state index is 12.7. The number of nitrogens with one attached hydrogen (secondary N) is 1. The van der Waals surface area contributed by atoms with Crippen LogP contribution in [0.5, 0.6) is 0 Å². The zero-order chi connectivity index (χ0) is 10.1.